The van der Waals surface area contributed by atoms with Gasteiger partial charge in [0.25, 0.3) is 5.91 Å². The number of aliphatic imine (C=N–C) groups is 1. The third-order valence-corrected chi connectivity index (χ3v) is 5.34. The monoisotopic (exact) mass is 477 g/mol. The average Bonchev–Trinajstić information content (AvgIpc) is 2.79. The molecular formula is C25H43N5O4. The fourth-order valence-corrected chi connectivity index (χ4v) is 3.53. The van der Waals surface area contributed by atoms with Crippen molar-refractivity contribution in [3.63, 3.8) is 0 Å². The maximum Gasteiger partial charge on any atom is 0.251 e. The minimum atomic E-state index is -0.129. The predicted octanol–water partition coefficient (Wildman–Crippen LogP) is 2.47. The molecule has 1 aromatic rings. The van der Waals surface area contributed by atoms with Gasteiger partial charge in [0, 0.05) is 32.0 Å². The number of rotatable bonds is 18. The van der Waals surface area contributed by atoms with Crippen LogP contribution in [0.4, 0.5) is 0 Å². The van der Waals surface area contributed by atoms with E-state index in [1.54, 1.807) is 6.07 Å². The number of nitrogens with one attached hydrogen (secondary N) is 2. The number of oxime groups is 1. The molecule has 0 fully saturated rings. The van der Waals surface area contributed by atoms with Crippen LogP contribution in [-0.2, 0) is 4.84 Å². The van der Waals surface area contributed by atoms with E-state index in [4.69, 9.17) is 14.7 Å². The summed E-state index contributed by atoms with van der Waals surface area (Å²) in [5.41, 5.74) is 1.50. The fourth-order valence-electron chi connectivity index (χ4n) is 3.53. The summed E-state index contributed by atoms with van der Waals surface area (Å²) in [5.74, 6) is 1.75. The molecule has 0 bridgehead atoms. The summed E-state index contributed by atoms with van der Waals surface area (Å²) in [6, 6.07) is 5.52. The second kappa shape index (κ2) is 17.9. The van der Waals surface area contributed by atoms with E-state index in [1.165, 1.54) is 0 Å². The van der Waals surface area contributed by atoms with Crippen molar-refractivity contribution in [1.29, 1.82) is 0 Å². The van der Waals surface area contributed by atoms with Crippen molar-refractivity contribution in [2.45, 2.75) is 39.0 Å². The molecule has 0 saturated carbocycles. The Bertz CT molecular complexity index is 755. The van der Waals surface area contributed by atoms with Crippen molar-refractivity contribution in [1.82, 2.24) is 15.5 Å². The average molecular weight is 478 g/mol. The van der Waals surface area contributed by atoms with Gasteiger partial charge >= 0.3 is 0 Å². The number of hydrogen-bond acceptors (Lipinski definition) is 8. The van der Waals surface area contributed by atoms with Gasteiger partial charge in [-0.2, -0.15) is 0 Å². The first-order valence-electron chi connectivity index (χ1n) is 12.0. The van der Waals surface area contributed by atoms with Crippen LogP contribution in [0.15, 0.2) is 28.3 Å². The minimum absolute atomic E-state index is 0.0633. The number of carbonyl (C=O) groups excluding carboxylic acids is 1. The molecular weight excluding hydrogens is 434 g/mol. The van der Waals surface area contributed by atoms with Crippen molar-refractivity contribution in [3.05, 3.63) is 29.3 Å². The summed E-state index contributed by atoms with van der Waals surface area (Å²) in [5, 5.41) is 18.4. The lowest BCUT2D eigenvalue weighted by molar-refractivity contribution is 0.0950. The third kappa shape index (κ3) is 12.7. The van der Waals surface area contributed by atoms with E-state index < -0.39 is 0 Å². The van der Waals surface area contributed by atoms with Crippen LogP contribution >= 0.6 is 0 Å². The molecule has 192 valence electrons. The van der Waals surface area contributed by atoms with E-state index in [-0.39, 0.29) is 12.5 Å². The highest BCUT2D eigenvalue weighted by molar-refractivity contribution is 5.95. The van der Waals surface area contributed by atoms with Gasteiger partial charge in [-0.15, -0.1) is 0 Å². The lowest BCUT2D eigenvalue weighted by atomic mass is 9.96. The van der Waals surface area contributed by atoms with E-state index in [1.807, 2.05) is 45.1 Å². The molecule has 0 aliphatic heterocycles. The van der Waals surface area contributed by atoms with Crippen LogP contribution in [-0.4, -0.2) is 89.1 Å². The number of carbonyl (C=O) groups is 1. The van der Waals surface area contributed by atoms with E-state index in [9.17, 15) is 4.79 Å². The number of nitrogens with zero attached hydrogens (tertiary/aromatic N) is 3. The van der Waals surface area contributed by atoms with Crippen molar-refractivity contribution >= 4 is 18.5 Å². The van der Waals surface area contributed by atoms with Crippen LogP contribution in [0.2, 0.25) is 0 Å². The van der Waals surface area contributed by atoms with Gasteiger partial charge in [-0.05, 0) is 96.4 Å². The maximum absolute atomic E-state index is 12.2. The molecule has 0 spiro atoms. The number of hydrogen-bond donors (Lipinski definition) is 3. The lowest BCUT2D eigenvalue weighted by Gasteiger charge is -2.17. The Kier molecular flexibility index (Phi) is 15.6. The molecule has 34 heavy (non-hydrogen) atoms. The fraction of sp³-hybridized carbons (Fsp3) is 0.640. The normalized spacial score (nSPS) is 12.5. The highest BCUT2D eigenvalue weighted by Gasteiger charge is 2.11. The molecule has 1 rings (SSSR count). The Morgan fingerprint density at radius 3 is 2.65 bits per heavy atom. The molecule has 0 aliphatic carbocycles. The van der Waals surface area contributed by atoms with Gasteiger partial charge in [0.1, 0.15) is 5.75 Å². The molecule has 1 aromatic carbocycles. The van der Waals surface area contributed by atoms with Gasteiger partial charge in [-0.25, -0.2) is 0 Å². The number of aliphatic hydroxyl groups is 1. The van der Waals surface area contributed by atoms with Gasteiger partial charge in [0.15, 0.2) is 0 Å². The largest absolute Gasteiger partial charge is 0.494 e. The number of ether oxygens (including phenoxy) is 1. The minimum Gasteiger partial charge on any atom is -0.494 e. The first-order chi connectivity index (χ1) is 16.4. The molecule has 0 saturated heterocycles. The van der Waals surface area contributed by atoms with Crippen molar-refractivity contribution in [2.24, 2.45) is 16.1 Å². The molecule has 0 radical (unpaired) electrons. The first-order valence-corrected chi connectivity index (χ1v) is 12.0. The Balaban J connectivity index is 2.51. The van der Waals surface area contributed by atoms with Crippen LogP contribution in [0, 0.1) is 12.8 Å². The van der Waals surface area contributed by atoms with Crippen molar-refractivity contribution < 1.29 is 19.5 Å². The Hall–Kier alpha value is -2.49. The Morgan fingerprint density at radius 2 is 2.00 bits per heavy atom. The van der Waals surface area contributed by atoms with Crippen LogP contribution in [0.3, 0.4) is 0 Å². The highest BCUT2D eigenvalue weighted by Crippen LogP contribution is 2.20. The quantitative estimate of drug-likeness (QED) is 0.130. The van der Waals surface area contributed by atoms with Gasteiger partial charge in [0.2, 0.25) is 5.90 Å². The zero-order valence-electron chi connectivity index (χ0n) is 21.3. The number of amides is 1. The van der Waals surface area contributed by atoms with E-state index in [0.29, 0.717) is 50.0 Å². The van der Waals surface area contributed by atoms with Crippen LogP contribution in [0.25, 0.3) is 0 Å². The van der Waals surface area contributed by atoms with E-state index in [2.05, 4.69) is 27.5 Å². The summed E-state index contributed by atoms with van der Waals surface area (Å²) >= 11 is 0. The smallest absolute Gasteiger partial charge is 0.251 e. The second-order valence-corrected chi connectivity index (χ2v) is 8.58. The first kappa shape index (κ1) is 29.5. The standard InChI is InChI=1S/C25H43N5O4/c1-20-18-22(9-10-23(20)25(32)29-13-7-16-31)33-17-6-8-21(11-14-26-2)12-15-28-24(34-27-3)19-30(4)5/h9-10,18,21,26,31H,3,6-8,11-17,19H2,1-2,4-5H3,(H,29,32). The lowest BCUT2D eigenvalue weighted by Crippen LogP contribution is -2.25. The Labute approximate surface area is 204 Å². The number of aliphatic hydroxyl groups excluding tert-OH is 1. The topological polar surface area (TPSA) is 108 Å². The maximum atomic E-state index is 12.2. The molecule has 0 heterocycles. The highest BCUT2D eigenvalue weighted by atomic mass is 16.6. The molecule has 3 N–H and O–H groups in total. The van der Waals surface area contributed by atoms with Crippen LogP contribution < -0.4 is 15.4 Å². The summed E-state index contributed by atoms with van der Waals surface area (Å²) in [6.07, 6.45) is 4.58. The molecule has 0 aromatic heterocycles. The van der Waals surface area contributed by atoms with Gasteiger partial charge in [-0.1, -0.05) is 5.16 Å². The molecule has 9 nitrogen and oxygen atoms in total. The zero-order valence-corrected chi connectivity index (χ0v) is 21.3. The SMILES string of the molecule is C=NOC(CN(C)C)=NCCC(CCCOc1ccc(C(=O)NCCCO)c(C)c1)CCNC. The van der Waals surface area contributed by atoms with Crippen LogP contribution in [0.5, 0.6) is 5.75 Å². The van der Waals surface area contributed by atoms with Gasteiger partial charge in [-0.3, -0.25) is 9.79 Å². The van der Waals surface area contributed by atoms with Crippen molar-refractivity contribution in [2.75, 3.05) is 60.5 Å². The summed E-state index contributed by atoms with van der Waals surface area (Å²) < 4.78 is 5.94. The molecule has 1 atom stereocenters. The number of likely N-dealkylation sites (N-methyl/N-ethyl adjacent to an activating group) is 1. The number of aryl methyl sites for hydroxylation is 1. The molecule has 1 unspecified atom stereocenters. The van der Waals surface area contributed by atoms with Crippen LogP contribution in [0.1, 0.15) is 48.0 Å². The van der Waals surface area contributed by atoms with Gasteiger partial charge < -0.3 is 30.2 Å². The number of benzene rings is 1. The Morgan fingerprint density at radius 1 is 1.21 bits per heavy atom. The second-order valence-electron chi connectivity index (χ2n) is 8.58. The third-order valence-electron chi connectivity index (χ3n) is 5.34. The predicted molar refractivity (Wildman–Crippen MR) is 138 cm³/mol. The molecule has 9 heteroatoms. The van der Waals surface area contributed by atoms with E-state index in [0.717, 1.165) is 43.5 Å². The van der Waals surface area contributed by atoms with Crippen molar-refractivity contribution in [3.8, 4) is 5.75 Å². The van der Waals surface area contributed by atoms with Gasteiger partial charge in [0.05, 0.1) is 13.2 Å². The van der Waals surface area contributed by atoms with E-state index >= 15 is 0 Å². The summed E-state index contributed by atoms with van der Waals surface area (Å²) in [7, 11) is 5.89. The zero-order chi connectivity index (χ0) is 25.2. The summed E-state index contributed by atoms with van der Waals surface area (Å²) in [4.78, 5) is 23.9. The molecule has 0 aliphatic rings. The summed E-state index contributed by atoms with van der Waals surface area (Å²) in [6.45, 7) is 8.67. The molecule has 1 amide bonds.